The van der Waals surface area contributed by atoms with Crippen LogP contribution in [0.2, 0.25) is 0 Å². The number of benzene rings is 1. The Balaban J connectivity index is 1.69. The van der Waals surface area contributed by atoms with Crippen molar-refractivity contribution in [2.24, 2.45) is 5.41 Å². The number of hydrogen-bond acceptors (Lipinski definition) is 4. The number of methoxy groups -OCH3 is 1. The van der Waals surface area contributed by atoms with Crippen molar-refractivity contribution in [1.82, 2.24) is 15.2 Å². The molecular formula is C20H27N3O2. The van der Waals surface area contributed by atoms with E-state index in [2.05, 4.69) is 40.3 Å². The summed E-state index contributed by atoms with van der Waals surface area (Å²) in [5, 5.41) is 4.20. The third-order valence-corrected chi connectivity index (χ3v) is 5.05. The van der Waals surface area contributed by atoms with Gasteiger partial charge in [-0.1, -0.05) is 18.2 Å². The molecule has 1 aromatic heterocycles. The molecule has 0 aliphatic carbocycles. The molecule has 0 radical (unpaired) electrons. The molecule has 25 heavy (non-hydrogen) atoms. The van der Waals surface area contributed by atoms with Crippen molar-refractivity contribution < 1.29 is 9.53 Å². The van der Waals surface area contributed by atoms with Crippen LogP contribution < -0.4 is 5.32 Å². The minimum Gasteiger partial charge on any atom is -0.383 e. The summed E-state index contributed by atoms with van der Waals surface area (Å²) in [7, 11) is 1.65. The third-order valence-electron chi connectivity index (χ3n) is 5.05. The van der Waals surface area contributed by atoms with E-state index >= 15 is 0 Å². The molecule has 2 aromatic rings. The van der Waals surface area contributed by atoms with Crippen LogP contribution in [-0.2, 0) is 16.1 Å². The van der Waals surface area contributed by atoms with E-state index in [1.807, 2.05) is 18.3 Å². The number of pyridine rings is 1. The maximum Gasteiger partial charge on any atom is 0.227 e. The average molecular weight is 341 g/mol. The van der Waals surface area contributed by atoms with Crippen LogP contribution in [0.4, 0.5) is 0 Å². The molecule has 1 atom stereocenters. The fourth-order valence-corrected chi connectivity index (χ4v) is 3.68. The van der Waals surface area contributed by atoms with Gasteiger partial charge >= 0.3 is 0 Å². The molecule has 1 N–H and O–H groups in total. The van der Waals surface area contributed by atoms with Gasteiger partial charge < -0.3 is 10.1 Å². The predicted octanol–water partition coefficient (Wildman–Crippen LogP) is 2.60. The predicted molar refractivity (Wildman–Crippen MR) is 99.2 cm³/mol. The monoisotopic (exact) mass is 341 g/mol. The quantitative estimate of drug-likeness (QED) is 0.821. The zero-order valence-corrected chi connectivity index (χ0v) is 15.1. The molecule has 3 rings (SSSR count). The molecule has 1 aliphatic heterocycles. The van der Waals surface area contributed by atoms with Gasteiger partial charge in [-0.25, -0.2) is 0 Å². The van der Waals surface area contributed by atoms with Crippen molar-refractivity contribution >= 4 is 16.8 Å². The molecule has 1 amide bonds. The normalized spacial score (nSPS) is 21.4. The number of aromatic nitrogens is 1. The Hall–Kier alpha value is -1.98. The van der Waals surface area contributed by atoms with E-state index in [1.165, 1.54) is 10.9 Å². The molecule has 0 bridgehead atoms. The highest BCUT2D eigenvalue weighted by Gasteiger charge is 2.37. The summed E-state index contributed by atoms with van der Waals surface area (Å²) in [6, 6.07) is 10.3. The van der Waals surface area contributed by atoms with Crippen LogP contribution >= 0.6 is 0 Å². The summed E-state index contributed by atoms with van der Waals surface area (Å²) in [5.41, 5.74) is 1.96. The van der Waals surface area contributed by atoms with Crippen molar-refractivity contribution in [1.29, 1.82) is 0 Å². The molecule has 5 heteroatoms. The van der Waals surface area contributed by atoms with Gasteiger partial charge in [-0.3, -0.25) is 14.7 Å². The van der Waals surface area contributed by atoms with Gasteiger partial charge in [0.15, 0.2) is 0 Å². The lowest BCUT2D eigenvalue weighted by Gasteiger charge is -2.39. The Kier molecular flexibility index (Phi) is 5.66. The Morgan fingerprint density at radius 2 is 2.20 bits per heavy atom. The van der Waals surface area contributed by atoms with E-state index in [1.54, 1.807) is 7.11 Å². The number of nitrogens with zero attached hydrogens (tertiary/aromatic N) is 2. The molecule has 2 heterocycles. The molecule has 1 aliphatic rings. The molecule has 0 saturated carbocycles. The number of hydrogen-bond donors (Lipinski definition) is 1. The minimum absolute atomic E-state index is 0.133. The average Bonchev–Trinajstić information content (AvgIpc) is 2.62. The van der Waals surface area contributed by atoms with Crippen molar-refractivity contribution in [2.45, 2.75) is 26.3 Å². The van der Waals surface area contributed by atoms with Crippen LogP contribution in [0.1, 0.15) is 25.3 Å². The number of likely N-dealkylation sites (tertiary alicyclic amines) is 1. The maximum absolute atomic E-state index is 12.6. The number of carbonyl (C=O) groups is 1. The van der Waals surface area contributed by atoms with Crippen molar-refractivity contribution in [3.8, 4) is 0 Å². The van der Waals surface area contributed by atoms with Gasteiger partial charge in [0.05, 0.1) is 17.5 Å². The first-order valence-electron chi connectivity index (χ1n) is 8.95. The summed E-state index contributed by atoms with van der Waals surface area (Å²) in [4.78, 5) is 19.4. The summed E-state index contributed by atoms with van der Waals surface area (Å²) < 4.78 is 5.02. The second-order valence-electron chi connectivity index (χ2n) is 7.11. The number of rotatable bonds is 6. The van der Waals surface area contributed by atoms with E-state index < -0.39 is 0 Å². The highest BCUT2D eigenvalue weighted by Crippen LogP contribution is 2.31. The molecule has 1 aromatic carbocycles. The molecule has 5 nitrogen and oxygen atoms in total. The SMILES string of the molecule is COCCNC(=O)C1(C)CCCN(Cc2ccnc3ccccc23)C1. The van der Waals surface area contributed by atoms with Gasteiger partial charge in [-0.15, -0.1) is 0 Å². The lowest BCUT2D eigenvalue weighted by molar-refractivity contribution is -0.133. The zero-order valence-electron chi connectivity index (χ0n) is 15.1. The van der Waals surface area contributed by atoms with Crippen LogP contribution in [0.25, 0.3) is 10.9 Å². The number of fused-ring (bicyclic) bond motifs is 1. The van der Waals surface area contributed by atoms with Gasteiger partial charge in [-0.05, 0) is 44.0 Å². The fraction of sp³-hybridized carbons (Fsp3) is 0.500. The fourth-order valence-electron chi connectivity index (χ4n) is 3.68. The topological polar surface area (TPSA) is 54.5 Å². The van der Waals surface area contributed by atoms with Crippen molar-refractivity contribution in [2.75, 3.05) is 33.4 Å². The Labute approximate surface area is 149 Å². The zero-order chi connectivity index (χ0) is 17.7. The van der Waals surface area contributed by atoms with Crippen LogP contribution in [0.5, 0.6) is 0 Å². The van der Waals surface area contributed by atoms with Crippen LogP contribution in [0.3, 0.4) is 0 Å². The van der Waals surface area contributed by atoms with Crippen LogP contribution in [0, 0.1) is 5.41 Å². The van der Waals surface area contributed by atoms with Crippen molar-refractivity contribution in [3.63, 3.8) is 0 Å². The number of piperidine rings is 1. The molecule has 1 fully saturated rings. The van der Waals surface area contributed by atoms with Gasteiger partial charge in [0, 0.05) is 38.3 Å². The molecular weight excluding hydrogens is 314 g/mol. The number of ether oxygens (including phenoxy) is 1. The standard InChI is InChI=1S/C20H27N3O2/c1-20(19(24)22-11-13-25-2)9-5-12-23(15-20)14-16-8-10-21-18-7-4-3-6-17(16)18/h3-4,6-8,10H,5,9,11-15H2,1-2H3,(H,22,24). The molecule has 0 spiro atoms. The van der Waals surface area contributed by atoms with E-state index in [0.29, 0.717) is 13.2 Å². The van der Waals surface area contributed by atoms with Crippen LogP contribution in [-0.4, -0.2) is 49.1 Å². The number of carbonyl (C=O) groups excluding carboxylic acids is 1. The Morgan fingerprint density at radius 3 is 3.04 bits per heavy atom. The van der Waals surface area contributed by atoms with E-state index in [-0.39, 0.29) is 11.3 Å². The first-order valence-corrected chi connectivity index (χ1v) is 8.95. The largest absolute Gasteiger partial charge is 0.383 e. The summed E-state index contributed by atoms with van der Waals surface area (Å²) >= 11 is 0. The van der Waals surface area contributed by atoms with Gasteiger partial charge in [0.1, 0.15) is 0 Å². The van der Waals surface area contributed by atoms with Crippen LogP contribution in [0.15, 0.2) is 36.5 Å². The lowest BCUT2D eigenvalue weighted by Crippen LogP contribution is -2.50. The third kappa shape index (κ3) is 4.17. The summed E-state index contributed by atoms with van der Waals surface area (Å²) in [6.07, 6.45) is 3.84. The van der Waals surface area contributed by atoms with Gasteiger partial charge in [0.2, 0.25) is 5.91 Å². The number of nitrogens with one attached hydrogen (secondary N) is 1. The number of para-hydroxylation sites is 1. The summed E-state index contributed by atoms with van der Waals surface area (Å²) in [6.45, 7) is 5.85. The summed E-state index contributed by atoms with van der Waals surface area (Å²) in [5.74, 6) is 0.133. The Morgan fingerprint density at radius 1 is 1.36 bits per heavy atom. The first kappa shape index (κ1) is 17.8. The highest BCUT2D eigenvalue weighted by atomic mass is 16.5. The molecule has 1 unspecified atom stereocenters. The molecule has 1 saturated heterocycles. The molecule has 134 valence electrons. The lowest BCUT2D eigenvalue weighted by atomic mass is 9.80. The van der Waals surface area contributed by atoms with Gasteiger partial charge in [-0.2, -0.15) is 0 Å². The first-order chi connectivity index (χ1) is 12.1. The minimum atomic E-state index is -0.338. The van der Waals surface area contributed by atoms with E-state index in [0.717, 1.165) is 38.0 Å². The second-order valence-corrected chi connectivity index (χ2v) is 7.11. The second kappa shape index (κ2) is 7.93. The maximum atomic E-state index is 12.6. The van der Waals surface area contributed by atoms with E-state index in [4.69, 9.17) is 4.74 Å². The Bertz CT molecular complexity index is 728. The van der Waals surface area contributed by atoms with E-state index in [9.17, 15) is 4.79 Å². The van der Waals surface area contributed by atoms with Gasteiger partial charge in [0.25, 0.3) is 0 Å². The highest BCUT2D eigenvalue weighted by molar-refractivity contribution is 5.83. The number of amides is 1. The van der Waals surface area contributed by atoms with Crippen molar-refractivity contribution in [3.05, 3.63) is 42.1 Å². The smallest absolute Gasteiger partial charge is 0.227 e.